The molecule has 12 heavy (non-hydrogen) atoms. The molecule has 2 fully saturated rings. The molecule has 0 spiro atoms. The van der Waals surface area contributed by atoms with Gasteiger partial charge < -0.3 is 10.5 Å². The largest absolute Gasteiger partial charge is 0.380 e. The third kappa shape index (κ3) is 1.09. The summed E-state index contributed by atoms with van der Waals surface area (Å²) in [7, 11) is 0. The lowest BCUT2D eigenvalue weighted by Gasteiger charge is -2.53. The summed E-state index contributed by atoms with van der Waals surface area (Å²) >= 11 is 0. The molecular formula is C10H19NO. The topological polar surface area (TPSA) is 35.2 Å². The van der Waals surface area contributed by atoms with Crippen LogP contribution < -0.4 is 5.73 Å². The Balaban J connectivity index is 2.07. The molecule has 0 aromatic carbocycles. The molecule has 1 saturated carbocycles. The minimum absolute atomic E-state index is 0.0868. The van der Waals surface area contributed by atoms with Gasteiger partial charge in [0.1, 0.15) is 0 Å². The van der Waals surface area contributed by atoms with Gasteiger partial charge in [0.2, 0.25) is 0 Å². The summed E-state index contributed by atoms with van der Waals surface area (Å²) < 4.78 is 5.28. The van der Waals surface area contributed by atoms with Crippen molar-refractivity contribution in [1.82, 2.24) is 0 Å². The molecule has 0 bridgehead atoms. The molecule has 2 nitrogen and oxygen atoms in total. The molecule has 1 saturated heterocycles. The van der Waals surface area contributed by atoms with E-state index >= 15 is 0 Å². The van der Waals surface area contributed by atoms with Gasteiger partial charge in [0, 0.05) is 11.0 Å². The molecule has 0 atom stereocenters. The third-order valence-corrected chi connectivity index (χ3v) is 3.79. The Hall–Kier alpha value is -0.0800. The maximum Gasteiger partial charge on any atom is 0.0559 e. The van der Waals surface area contributed by atoms with E-state index in [1.165, 1.54) is 32.1 Å². The van der Waals surface area contributed by atoms with E-state index in [2.05, 4.69) is 6.92 Å². The second kappa shape index (κ2) is 2.71. The fourth-order valence-electron chi connectivity index (χ4n) is 2.48. The van der Waals surface area contributed by atoms with Crippen molar-refractivity contribution in [3.8, 4) is 0 Å². The van der Waals surface area contributed by atoms with Gasteiger partial charge in [-0.3, -0.25) is 0 Å². The fourth-order valence-corrected chi connectivity index (χ4v) is 2.48. The van der Waals surface area contributed by atoms with Crippen molar-refractivity contribution < 1.29 is 4.74 Å². The van der Waals surface area contributed by atoms with Crippen molar-refractivity contribution >= 4 is 0 Å². The van der Waals surface area contributed by atoms with E-state index in [9.17, 15) is 0 Å². The number of ether oxygens (including phenoxy) is 1. The molecule has 2 N–H and O–H groups in total. The van der Waals surface area contributed by atoms with Gasteiger partial charge in [0.25, 0.3) is 0 Å². The average Bonchev–Trinajstić information content (AvgIpc) is 2.01. The molecule has 0 aromatic rings. The molecule has 0 amide bonds. The first-order valence-electron chi connectivity index (χ1n) is 5.03. The van der Waals surface area contributed by atoms with Gasteiger partial charge in [0.05, 0.1) is 13.2 Å². The third-order valence-electron chi connectivity index (χ3n) is 3.79. The van der Waals surface area contributed by atoms with Gasteiger partial charge in [-0.15, -0.1) is 0 Å². The summed E-state index contributed by atoms with van der Waals surface area (Å²) in [5.74, 6) is 0. The Labute approximate surface area is 74.5 Å². The van der Waals surface area contributed by atoms with Crippen LogP contribution in [0.4, 0.5) is 0 Å². The van der Waals surface area contributed by atoms with Crippen LogP contribution in [0, 0.1) is 5.41 Å². The number of nitrogens with two attached hydrogens (primary N) is 1. The van der Waals surface area contributed by atoms with Crippen LogP contribution >= 0.6 is 0 Å². The zero-order valence-corrected chi connectivity index (χ0v) is 7.94. The van der Waals surface area contributed by atoms with Crippen LogP contribution in [0.1, 0.15) is 39.0 Å². The van der Waals surface area contributed by atoms with Crippen molar-refractivity contribution in [2.24, 2.45) is 11.1 Å². The molecule has 1 heterocycles. The minimum Gasteiger partial charge on any atom is -0.380 e. The minimum atomic E-state index is 0.0868. The van der Waals surface area contributed by atoms with Gasteiger partial charge in [-0.05, 0) is 12.8 Å². The molecule has 2 rings (SSSR count). The van der Waals surface area contributed by atoms with Crippen molar-refractivity contribution in [3.63, 3.8) is 0 Å². The van der Waals surface area contributed by atoms with E-state index in [-0.39, 0.29) is 11.0 Å². The van der Waals surface area contributed by atoms with E-state index < -0.39 is 0 Å². The highest BCUT2D eigenvalue weighted by Crippen LogP contribution is 2.44. The van der Waals surface area contributed by atoms with Gasteiger partial charge in [-0.1, -0.05) is 26.2 Å². The monoisotopic (exact) mass is 169 g/mol. The van der Waals surface area contributed by atoms with Gasteiger partial charge >= 0.3 is 0 Å². The summed E-state index contributed by atoms with van der Waals surface area (Å²) in [5, 5.41) is 0. The van der Waals surface area contributed by atoms with Crippen LogP contribution in [0.15, 0.2) is 0 Å². The maximum absolute atomic E-state index is 6.42. The second-order valence-electron chi connectivity index (χ2n) is 4.77. The predicted octanol–water partition coefficient (Wildman–Crippen LogP) is 1.68. The molecule has 1 aliphatic heterocycles. The molecule has 0 unspecified atom stereocenters. The van der Waals surface area contributed by atoms with E-state index in [1.807, 2.05) is 0 Å². The Morgan fingerprint density at radius 2 is 1.67 bits per heavy atom. The standard InChI is InChI=1S/C10H19NO/c1-9(7-12-8-9)10(11)5-3-2-4-6-10/h2-8,11H2,1H3. The van der Waals surface area contributed by atoms with Crippen molar-refractivity contribution in [2.45, 2.75) is 44.6 Å². The first-order chi connectivity index (χ1) is 5.66. The molecule has 2 aliphatic rings. The SMILES string of the molecule is CC1(C2(N)CCCCC2)COC1. The number of rotatable bonds is 1. The molecular weight excluding hydrogens is 150 g/mol. The Bertz CT molecular complexity index is 169. The number of hydrogen-bond donors (Lipinski definition) is 1. The Morgan fingerprint density at radius 1 is 1.08 bits per heavy atom. The molecule has 2 heteroatoms. The van der Waals surface area contributed by atoms with E-state index in [0.29, 0.717) is 0 Å². The summed E-state index contributed by atoms with van der Waals surface area (Å²) in [6.45, 7) is 4.04. The van der Waals surface area contributed by atoms with E-state index in [4.69, 9.17) is 10.5 Å². The van der Waals surface area contributed by atoms with Gasteiger partial charge in [0.15, 0.2) is 0 Å². The Kier molecular flexibility index (Phi) is 1.92. The zero-order chi connectivity index (χ0) is 8.66. The smallest absolute Gasteiger partial charge is 0.0559 e. The van der Waals surface area contributed by atoms with Crippen LogP contribution in [-0.4, -0.2) is 18.8 Å². The molecule has 0 radical (unpaired) electrons. The molecule has 1 aliphatic carbocycles. The lowest BCUT2D eigenvalue weighted by Crippen LogP contribution is -2.63. The molecule has 70 valence electrons. The fraction of sp³-hybridized carbons (Fsp3) is 1.00. The summed E-state index contributed by atoms with van der Waals surface area (Å²) in [4.78, 5) is 0. The van der Waals surface area contributed by atoms with Gasteiger partial charge in [-0.2, -0.15) is 0 Å². The summed E-state index contributed by atoms with van der Waals surface area (Å²) in [6, 6.07) is 0. The van der Waals surface area contributed by atoms with Crippen LogP contribution in [0.3, 0.4) is 0 Å². The highest BCUT2D eigenvalue weighted by Gasteiger charge is 2.50. The second-order valence-corrected chi connectivity index (χ2v) is 4.77. The summed E-state index contributed by atoms with van der Waals surface area (Å²) in [5.41, 5.74) is 6.79. The van der Waals surface area contributed by atoms with Crippen molar-refractivity contribution in [3.05, 3.63) is 0 Å². The summed E-state index contributed by atoms with van der Waals surface area (Å²) in [6.07, 6.45) is 6.40. The first kappa shape index (κ1) is 8.52. The normalized spacial score (nSPS) is 32.5. The van der Waals surface area contributed by atoms with Crippen LogP contribution in [0.2, 0.25) is 0 Å². The first-order valence-corrected chi connectivity index (χ1v) is 5.03. The van der Waals surface area contributed by atoms with E-state index in [1.54, 1.807) is 0 Å². The van der Waals surface area contributed by atoms with Crippen LogP contribution in [-0.2, 0) is 4.74 Å². The quantitative estimate of drug-likeness (QED) is 0.648. The highest BCUT2D eigenvalue weighted by atomic mass is 16.5. The maximum atomic E-state index is 6.42. The number of hydrogen-bond acceptors (Lipinski definition) is 2. The van der Waals surface area contributed by atoms with Crippen molar-refractivity contribution in [1.29, 1.82) is 0 Å². The van der Waals surface area contributed by atoms with E-state index in [0.717, 1.165) is 13.2 Å². The average molecular weight is 169 g/mol. The van der Waals surface area contributed by atoms with Gasteiger partial charge in [-0.25, -0.2) is 0 Å². The van der Waals surface area contributed by atoms with Crippen LogP contribution in [0.25, 0.3) is 0 Å². The van der Waals surface area contributed by atoms with Crippen LogP contribution in [0.5, 0.6) is 0 Å². The van der Waals surface area contributed by atoms with Crippen molar-refractivity contribution in [2.75, 3.05) is 13.2 Å². The molecule has 0 aromatic heterocycles. The highest BCUT2D eigenvalue weighted by molar-refractivity contribution is 5.04. The lowest BCUT2D eigenvalue weighted by molar-refractivity contribution is -0.150. The zero-order valence-electron chi connectivity index (χ0n) is 7.94. The lowest BCUT2D eigenvalue weighted by atomic mass is 9.63. The predicted molar refractivity (Wildman–Crippen MR) is 48.9 cm³/mol. The Morgan fingerprint density at radius 3 is 2.08 bits per heavy atom.